The molecule has 0 spiro atoms. The van der Waals surface area contributed by atoms with Crippen LogP contribution in [0.15, 0.2) is 30.6 Å². The van der Waals surface area contributed by atoms with Crippen LogP contribution >= 0.6 is 0 Å². The summed E-state index contributed by atoms with van der Waals surface area (Å²) >= 11 is 0. The van der Waals surface area contributed by atoms with Gasteiger partial charge in [0.15, 0.2) is 5.82 Å². The molecule has 28 heavy (non-hydrogen) atoms. The second-order valence-corrected chi connectivity index (χ2v) is 7.94. The predicted octanol–water partition coefficient (Wildman–Crippen LogP) is 3.59. The number of aromatic amines is 1. The Morgan fingerprint density at radius 1 is 1.18 bits per heavy atom. The van der Waals surface area contributed by atoms with E-state index in [1.807, 2.05) is 45.0 Å². The topological polar surface area (TPSA) is 100 Å². The molecule has 0 aliphatic carbocycles. The van der Waals surface area contributed by atoms with Crippen molar-refractivity contribution >= 4 is 17.7 Å². The van der Waals surface area contributed by atoms with Crippen molar-refractivity contribution in [2.75, 3.05) is 11.9 Å². The number of carbonyl (C=O) groups is 2. The summed E-state index contributed by atoms with van der Waals surface area (Å²) in [5.74, 6) is 0.470. The largest absolute Gasteiger partial charge is 0.444 e. The molecule has 1 unspecified atom stereocenters. The highest BCUT2D eigenvalue weighted by Crippen LogP contribution is 2.22. The van der Waals surface area contributed by atoms with E-state index in [1.54, 1.807) is 4.90 Å². The van der Waals surface area contributed by atoms with Gasteiger partial charge in [-0.1, -0.05) is 12.8 Å². The highest BCUT2D eigenvalue weighted by molar-refractivity contribution is 5.96. The van der Waals surface area contributed by atoms with E-state index in [2.05, 4.69) is 20.5 Å². The molecule has 8 heteroatoms. The maximum atomic E-state index is 12.9. The summed E-state index contributed by atoms with van der Waals surface area (Å²) in [7, 11) is 0. The van der Waals surface area contributed by atoms with Gasteiger partial charge in [0.1, 0.15) is 18.0 Å². The summed E-state index contributed by atoms with van der Waals surface area (Å²) in [4.78, 5) is 31.2. The Morgan fingerprint density at radius 3 is 2.57 bits per heavy atom. The first kappa shape index (κ1) is 19.9. The quantitative estimate of drug-likeness (QED) is 0.841. The molecule has 1 saturated heterocycles. The molecule has 8 nitrogen and oxygen atoms in total. The van der Waals surface area contributed by atoms with Crippen LogP contribution in [0.5, 0.6) is 0 Å². The molecule has 1 atom stereocenters. The number of ether oxygens (including phenoxy) is 1. The first-order valence-electron chi connectivity index (χ1n) is 9.60. The third kappa shape index (κ3) is 5.09. The number of anilines is 1. The average Bonchev–Trinajstić information content (AvgIpc) is 3.04. The molecule has 1 fully saturated rings. The van der Waals surface area contributed by atoms with Gasteiger partial charge in [-0.15, -0.1) is 0 Å². The Morgan fingerprint density at radius 2 is 1.93 bits per heavy atom. The van der Waals surface area contributed by atoms with Gasteiger partial charge < -0.3 is 10.1 Å². The van der Waals surface area contributed by atoms with E-state index >= 15 is 0 Å². The molecule has 2 heterocycles. The van der Waals surface area contributed by atoms with E-state index in [4.69, 9.17) is 4.74 Å². The van der Waals surface area contributed by atoms with Gasteiger partial charge in [0.2, 0.25) is 5.91 Å². The van der Waals surface area contributed by atoms with Crippen molar-refractivity contribution in [2.45, 2.75) is 58.1 Å². The third-order valence-corrected chi connectivity index (χ3v) is 4.52. The molecule has 3 rings (SSSR count). The number of H-pyrrole nitrogens is 1. The fourth-order valence-corrected chi connectivity index (χ4v) is 3.20. The smallest absolute Gasteiger partial charge is 0.410 e. The fourth-order valence-electron chi connectivity index (χ4n) is 3.20. The number of aromatic nitrogens is 3. The van der Waals surface area contributed by atoms with Crippen molar-refractivity contribution in [3.8, 4) is 11.4 Å². The molecule has 0 saturated carbocycles. The Labute approximate surface area is 164 Å². The average molecular weight is 385 g/mol. The molecule has 2 N–H and O–H groups in total. The summed E-state index contributed by atoms with van der Waals surface area (Å²) < 4.78 is 5.51. The summed E-state index contributed by atoms with van der Waals surface area (Å²) in [5.41, 5.74) is 0.947. The predicted molar refractivity (Wildman–Crippen MR) is 106 cm³/mol. The Balaban J connectivity index is 1.70. The normalized spacial score (nSPS) is 17.7. The molecule has 150 valence electrons. The number of hydrogen-bond donors (Lipinski definition) is 2. The van der Waals surface area contributed by atoms with Crippen LogP contribution in [0.2, 0.25) is 0 Å². The van der Waals surface area contributed by atoms with E-state index in [0.717, 1.165) is 24.8 Å². The zero-order chi connectivity index (χ0) is 20.1. The van der Waals surface area contributed by atoms with Gasteiger partial charge in [-0.3, -0.25) is 14.8 Å². The molecule has 0 bridgehead atoms. The minimum absolute atomic E-state index is 0.194. The van der Waals surface area contributed by atoms with E-state index in [-0.39, 0.29) is 5.91 Å². The Kier molecular flexibility index (Phi) is 5.96. The summed E-state index contributed by atoms with van der Waals surface area (Å²) in [5, 5.41) is 9.56. The monoisotopic (exact) mass is 385 g/mol. The number of carbonyl (C=O) groups excluding carboxylic acids is 2. The number of nitrogens with zero attached hydrogens (tertiary/aromatic N) is 3. The molecule has 1 aromatic heterocycles. The molecule has 0 radical (unpaired) electrons. The van der Waals surface area contributed by atoms with Crippen molar-refractivity contribution in [1.82, 2.24) is 20.1 Å². The molecule has 1 aromatic carbocycles. The zero-order valence-electron chi connectivity index (χ0n) is 16.6. The van der Waals surface area contributed by atoms with Gasteiger partial charge in [-0.05, 0) is 57.9 Å². The summed E-state index contributed by atoms with van der Waals surface area (Å²) in [6.45, 7) is 6.01. The van der Waals surface area contributed by atoms with Crippen LogP contribution in [-0.2, 0) is 9.53 Å². The van der Waals surface area contributed by atoms with E-state index in [9.17, 15) is 9.59 Å². The number of likely N-dealkylation sites (tertiary alicyclic amines) is 1. The van der Waals surface area contributed by atoms with Crippen LogP contribution in [0, 0.1) is 0 Å². The lowest BCUT2D eigenvalue weighted by atomic mass is 10.1. The van der Waals surface area contributed by atoms with E-state index in [1.165, 1.54) is 6.33 Å². The van der Waals surface area contributed by atoms with Crippen LogP contribution < -0.4 is 5.32 Å². The molecular formula is C20H27N5O3. The number of hydrogen-bond acceptors (Lipinski definition) is 5. The first-order chi connectivity index (χ1) is 13.3. The second-order valence-electron chi connectivity index (χ2n) is 7.94. The van der Waals surface area contributed by atoms with Crippen LogP contribution in [-0.4, -0.2) is 50.3 Å². The van der Waals surface area contributed by atoms with Crippen LogP contribution in [0.4, 0.5) is 10.5 Å². The van der Waals surface area contributed by atoms with Crippen molar-refractivity contribution in [3.05, 3.63) is 30.6 Å². The highest BCUT2D eigenvalue weighted by Gasteiger charge is 2.33. The van der Waals surface area contributed by atoms with Gasteiger partial charge in [0, 0.05) is 17.8 Å². The van der Waals surface area contributed by atoms with Gasteiger partial charge in [0.25, 0.3) is 0 Å². The lowest BCUT2D eigenvalue weighted by molar-refractivity contribution is -0.121. The lowest BCUT2D eigenvalue weighted by Gasteiger charge is -2.31. The Bertz CT molecular complexity index is 796. The fraction of sp³-hybridized carbons (Fsp3) is 0.500. The standard InChI is InChI=1S/C20H27N5O3/c1-20(2,3)28-19(27)25-12-6-4-5-7-16(25)18(26)23-15-10-8-14(9-11-15)17-21-13-22-24-17/h8-11,13,16H,4-7,12H2,1-3H3,(H,23,26)(H,21,22,24). The Hall–Kier alpha value is -2.90. The number of nitrogens with one attached hydrogen (secondary N) is 2. The first-order valence-corrected chi connectivity index (χ1v) is 9.60. The third-order valence-electron chi connectivity index (χ3n) is 4.52. The maximum absolute atomic E-state index is 12.9. The van der Waals surface area contributed by atoms with E-state index in [0.29, 0.717) is 24.5 Å². The van der Waals surface area contributed by atoms with Crippen molar-refractivity contribution in [3.63, 3.8) is 0 Å². The van der Waals surface area contributed by atoms with Gasteiger partial charge in [0.05, 0.1) is 0 Å². The van der Waals surface area contributed by atoms with Crippen LogP contribution in [0.3, 0.4) is 0 Å². The lowest BCUT2D eigenvalue weighted by Crippen LogP contribution is -2.48. The molecule has 1 aliphatic heterocycles. The van der Waals surface area contributed by atoms with Crippen molar-refractivity contribution < 1.29 is 14.3 Å². The van der Waals surface area contributed by atoms with Gasteiger partial charge >= 0.3 is 6.09 Å². The minimum Gasteiger partial charge on any atom is -0.444 e. The number of rotatable bonds is 3. The van der Waals surface area contributed by atoms with Crippen molar-refractivity contribution in [1.29, 1.82) is 0 Å². The van der Waals surface area contributed by atoms with Crippen molar-refractivity contribution in [2.24, 2.45) is 0 Å². The summed E-state index contributed by atoms with van der Waals surface area (Å²) in [6, 6.07) is 6.80. The van der Waals surface area contributed by atoms with Gasteiger partial charge in [-0.25, -0.2) is 9.78 Å². The number of amides is 2. The molecular weight excluding hydrogens is 358 g/mol. The molecule has 2 aromatic rings. The minimum atomic E-state index is -0.596. The second kappa shape index (κ2) is 8.41. The zero-order valence-corrected chi connectivity index (χ0v) is 16.6. The SMILES string of the molecule is CC(C)(C)OC(=O)N1CCCCCC1C(=O)Nc1ccc(-c2ncn[nH]2)cc1. The van der Waals surface area contributed by atoms with Crippen LogP contribution in [0.25, 0.3) is 11.4 Å². The maximum Gasteiger partial charge on any atom is 0.410 e. The number of benzene rings is 1. The molecule has 2 amide bonds. The van der Waals surface area contributed by atoms with Gasteiger partial charge in [-0.2, -0.15) is 5.10 Å². The van der Waals surface area contributed by atoms with E-state index < -0.39 is 17.7 Å². The molecule has 1 aliphatic rings. The highest BCUT2D eigenvalue weighted by atomic mass is 16.6. The van der Waals surface area contributed by atoms with Crippen LogP contribution in [0.1, 0.15) is 46.5 Å². The summed E-state index contributed by atoms with van der Waals surface area (Å²) in [6.07, 6.45) is 4.41.